The molecule has 106 valence electrons. The molecule has 1 N–H and O–H groups in total. The van der Waals surface area contributed by atoms with Crippen LogP contribution in [-0.2, 0) is 0 Å². The van der Waals surface area contributed by atoms with Crippen LogP contribution in [0.2, 0.25) is 0 Å². The third-order valence-corrected chi connectivity index (χ3v) is 2.95. The van der Waals surface area contributed by atoms with E-state index in [2.05, 4.69) is 34.6 Å². The molecule has 0 aromatic carbocycles. The van der Waals surface area contributed by atoms with Crippen LogP contribution in [0.1, 0.15) is 14.8 Å². The highest BCUT2D eigenvalue weighted by atomic mass is 16.1. The van der Waals surface area contributed by atoms with Crippen molar-refractivity contribution in [2.24, 2.45) is 0 Å². The van der Waals surface area contributed by atoms with Crippen molar-refractivity contribution in [3.05, 3.63) is 83.6 Å². The van der Waals surface area contributed by atoms with Crippen molar-refractivity contribution in [3.8, 4) is 23.7 Å². The van der Waals surface area contributed by atoms with Crippen molar-refractivity contribution >= 4 is 5.78 Å². The first-order valence-corrected chi connectivity index (χ1v) is 7.06. The van der Waals surface area contributed by atoms with Crippen LogP contribution in [0.4, 0.5) is 0 Å². The van der Waals surface area contributed by atoms with Crippen molar-refractivity contribution in [2.75, 3.05) is 0 Å². The van der Waals surface area contributed by atoms with Crippen molar-refractivity contribution in [1.82, 2.24) is 0 Å². The monoisotopic (exact) mass is 286 g/mol. The summed E-state index contributed by atoms with van der Waals surface area (Å²) in [7, 11) is 0. The van der Waals surface area contributed by atoms with Crippen LogP contribution in [0.15, 0.2) is 83.6 Å². The Balaban J connectivity index is 2.38. The lowest BCUT2D eigenvalue weighted by Crippen LogP contribution is -1.85. The Bertz CT molecular complexity index is 817. The molecule has 1 heteroatoms. The maximum atomic E-state index is 7.06. The molecule has 1 nitrogen and oxygen atoms in total. The van der Waals surface area contributed by atoms with Gasteiger partial charge in [0.25, 0.3) is 0 Å². The summed E-state index contributed by atoms with van der Waals surface area (Å²) in [6.45, 7) is 1.91. The molecular weight excluding hydrogens is 268 g/mol. The zero-order valence-corrected chi connectivity index (χ0v) is 12.5. The van der Waals surface area contributed by atoms with E-state index in [0.29, 0.717) is 5.78 Å². The van der Waals surface area contributed by atoms with E-state index in [-0.39, 0.29) is 0 Å². The average Bonchev–Trinajstić information content (AvgIpc) is 2.78. The van der Waals surface area contributed by atoms with Gasteiger partial charge in [-0.2, -0.15) is 0 Å². The SMILES string of the molecule is [2H][O+]=C1/C=C/C=C(/C)C#CC#CC2=CC=CC=C(/C=C/C=C/1)C2. The molecule has 2 aliphatic rings. The lowest BCUT2D eigenvalue weighted by atomic mass is 10.1. The standard InChI is InChI=1S/C21H16O/c1-18-9-2-3-11-19-12-4-5-13-20(17-19)14-6-7-15-21(22)16-8-10-18/h4-8,10,12-16H,17H2,1H3/p+1/b14-6+,15-7+,16-8+,18-10-/i/hD. The van der Waals surface area contributed by atoms with E-state index >= 15 is 0 Å². The second kappa shape index (κ2) is 8.30. The summed E-state index contributed by atoms with van der Waals surface area (Å²) in [6, 6.07) is 0. The Kier molecular flexibility index (Phi) is 5.26. The molecular formula is C21H17O+. The van der Waals surface area contributed by atoms with E-state index in [1.54, 1.807) is 18.2 Å². The van der Waals surface area contributed by atoms with Gasteiger partial charge in [0.1, 0.15) is 0 Å². The molecule has 0 aromatic rings. The summed E-state index contributed by atoms with van der Waals surface area (Å²) < 4.78 is 7.06. The first-order valence-electron chi connectivity index (χ1n) is 7.47. The van der Waals surface area contributed by atoms with Crippen LogP contribution in [-0.4, -0.2) is 10.6 Å². The fourth-order valence-corrected chi connectivity index (χ4v) is 1.84. The normalized spacial score (nSPS) is 26.5. The second-order valence-corrected chi connectivity index (χ2v) is 4.82. The lowest BCUT2D eigenvalue weighted by molar-refractivity contribution is 0.684. The summed E-state index contributed by atoms with van der Waals surface area (Å²) >= 11 is 0. The molecule has 2 aliphatic carbocycles. The molecule has 2 rings (SSSR count). The quantitative estimate of drug-likeness (QED) is 0.474. The smallest absolute Gasteiger partial charge is 0.274 e. The van der Waals surface area contributed by atoms with E-state index in [9.17, 15) is 0 Å². The van der Waals surface area contributed by atoms with E-state index in [4.69, 9.17) is 1.43 Å². The summed E-state index contributed by atoms with van der Waals surface area (Å²) in [6.07, 6.45) is 21.7. The Labute approximate surface area is 133 Å². The minimum atomic E-state index is 0.453. The fourth-order valence-electron chi connectivity index (χ4n) is 1.84. The summed E-state index contributed by atoms with van der Waals surface area (Å²) in [4.78, 5) is 4.57. The van der Waals surface area contributed by atoms with Crippen LogP contribution >= 0.6 is 0 Å². The van der Waals surface area contributed by atoms with Crippen molar-refractivity contribution in [2.45, 2.75) is 13.3 Å². The first kappa shape index (κ1) is 13.9. The van der Waals surface area contributed by atoms with Gasteiger partial charge >= 0.3 is 7.21 Å². The van der Waals surface area contributed by atoms with Gasteiger partial charge in [0.05, 0.1) is 0 Å². The van der Waals surface area contributed by atoms with Crippen LogP contribution in [0, 0.1) is 23.7 Å². The fraction of sp³-hybridized carbons (Fsp3) is 0.0952. The number of allylic oxidation sites excluding steroid dienone is 14. The lowest BCUT2D eigenvalue weighted by Gasteiger charge is -1.98. The molecule has 2 bridgehead atoms. The Morgan fingerprint density at radius 3 is 2.59 bits per heavy atom. The zero-order chi connectivity index (χ0) is 16.3. The molecule has 0 atom stereocenters. The summed E-state index contributed by atoms with van der Waals surface area (Å²) in [5.74, 6) is 12.3. The molecule has 0 aromatic heterocycles. The Hall–Kier alpha value is -3.03. The third-order valence-electron chi connectivity index (χ3n) is 2.95. The number of rotatable bonds is 0. The number of ketones is 1. The Morgan fingerprint density at radius 2 is 1.68 bits per heavy atom. The molecule has 0 radical (unpaired) electrons. The van der Waals surface area contributed by atoms with E-state index in [0.717, 1.165) is 23.1 Å². The Morgan fingerprint density at radius 1 is 0.909 bits per heavy atom. The van der Waals surface area contributed by atoms with Crippen LogP contribution in [0.5, 0.6) is 0 Å². The van der Waals surface area contributed by atoms with Crippen LogP contribution in [0.25, 0.3) is 0 Å². The number of fused-ring (bicyclic) bond motifs is 2. The largest absolute Gasteiger partial charge is 0.686 e. The highest BCUT2D eigenvalue weighted by molar-refractivity contribution is 6.00. The van der Waals surface area contributed by atoms with Crippen molar-refractivity contribution < 1.29 is 6.23 Å². The average molecular weight is 286 g/mol. The molecule has 0 heterocycles. The van der Waals surface area contributed by atoms with Gasteiger partial charge in [-0.3, -0.25) is 4.80 Å². The molecule has 0 spiro atoms. The summed E-state index contributed by atoms with van der Waals surface area (Å²) in [5, 5.41) is 0. The number of hydrogen-bond acceptors (Lipinski definition) is 0. The van der Waals surface area contributed by atoms with Gasteiger partial charge in [0, 0.05) is 24.1 Å². The molecule has 0 fully saturated rings. The molecule has 0 amide bonds. The summed E-state index contributed by atoms with van der Waals surface area (Å²) in [5.41, 5.74) is 3.08. The van der Waals surface area contributed by atoms with Gasteiger partial charge < -0.3 is 0 Å². The maximum absolute atomic E-state index is 7.06. The molecule has 22 heavy (non-hydrogen) atoms. The van der Waals surface area contributed by atoms with Gasteiger partial charge in [-0.05, 0) is 29.9 Å². The van der Waals surface area contributed by atoms with Gasteiger partial charge in [0.2, 0.25) is 0 Å². The number of carbonyl (C=O) groups excluding carboxylic acids is 1. The topological polar surface area (TPSA) is 21.4 Å². The van der Waals surface area contributed by atoms with E-state index in [1.807, 2.05) is 49.5 Å². The predicted octanol–water partition coefficient (Wildman–Crippen LogP) is 3.98. The number of hydrogen-bond donors (Lipinski definition) is 0. The van der Waals surface area contributed by atoms with Crippen molar-refractivity contribution in [1.29, 1.82) is 0 Å². The third kappa shape index (κ3) is 5.53. The minimum absolute atomic E-state index is 0.453. The molecule has 0 saturated heterocycles. The van der Waals surface area contributed by atoms with Gasteiger partial charge in [-0.15, -0.1) is 0 Å². The predicted molar refractivity (Wildman–Crippen MR) is 93.6 cm³/mol. The van der Waals surface area contributed by atoms with Crippen LogP contribution < -0.4 is 0 Å². The second-order valence-electron chi connectivity index (χ2n) is 4.82. The van der Waals surface area contributed by atoms with Gasteiger partial charge in [-0.25, -0.2) is 0 Å². The van der Waals surface area contributed by atoms with Gasteiger partial charge in [0.15, 0.2) is 0 Å². The zero-order valence-electron chi connectivity index (χ0n) is 13.5. The molecule has 0 unspecified atom stereocenters. The molecule has 0 aliphatic heterocycles. The van der Waals surface area contributed by atoms with E-state index < -0.39 is 0 Å². The van der Waals surface area contributed by atoms with E-state index in [1.165, 1.54) is 0 Å². The maximum Gasteiger partial charge on any atom is 0.686 e. The minimum Gasteiger partial charge on any atom is -0.274 e. The highest BCUT2D eigenvalue weighted by Crippen LogP contribution is 2.15. The van der Waals surface area contributed by atoms with Crippen molar-refractivity contribution in [3.63, 3.8) is 0 Å². The highest BCUT2D eigenvalue weighted by Gasteiger charge is 1.99. The van der Waals surface area contributed by atoms with Crippen LogP contribution in [0.3, 0.4) is 0 Å². The first-order chi connectivity index (χ1) is 11.3. The van der Waals surface area contributed by atoms with Gasteiger partial charge in [-0.1, -0.05) is 66.5 Å². The molecule has 0 saturated carbocycles.